The fraction of sp³-hybridized carbons (Fsp3) is 0.500. The molecule has 1 aromatic carbocycles. The van der Waals surface area contributed by atoms with Gasteiger partial charge in [0, 0.05) is 16.4 Å². The number of aliphatic carboxylic acids is 1. The number of hydrogen-bond donors (Lipinski definition) is 1. The minimum Gasteiger partial charge on any atom is -0.496 e. The number of carboxylic acids is 1. The summed E-state index contributed by atoms with van der Waals surface area (Å²) in [6.45, 7) is 0. The number of thioether (sulfide) groups is 1. The molecule has 1 N–H and O–H groups in total. The van der Waals surface area contributed by atoms with Crippen LogP contribution in [0.4, 0.5) is 0 Å². The minimum absolute atomic E-state index is 0.0844. The van der Waals surface area contributed by atoms with Crippen LogP contribution in [0.1, 0.15) is 30.7 Å². The van der Waals surface area contributed by atoms with Crippen molar-refractivity contribution in [1.82, 2.24) is 0 Å². The van der Waals surface area contributed by atoms with E-state index in [0.29, 0.717) is 5.92 Å². The number of carbonyl (C=O) groups is 1. The van der Waals surface area contributed by atoms with Gasteiger partial charge in [-0.05, 0) is 37.1 Å². The number of benzene rings is 1. The molecule has 0 aromatic heterocycles. The largest absolute Gasteiger partial charge is 0.496 e. The van der Waals surface area contributed by atoms with E-state index in [4.69, 9.17) is 9.84 Å². The first-order valence-electron chi connectivity index (χ1n) is 6.10. The zero-order valence-electron chi connectivity index (χ0n) is 10.7. The van der Waals surface area contributed by atoms with Gasteiger partial charge in [-0.25, -0.2) is 0 Å². The van der Waals surface area contributed by atoms with E-state index in [1.165, 1.54) is 0 Å². The van der Waals surface area contributed by atoms with E-state index in [1.54, 1.807) is 18.9 Å². The van der Waals surface area contributed by atoms with Crippen molar-refractivity contribution in [3.8, 4) is 5.75 Å². The third-order valence-corrected chi connectivity index (χ3v) is 4.22. The Kier molecular flexibility index (Phi) is 4.17. The van der Waals surface area contributed by atoms with E-state index in [1.807, 2.05) is 24.5 Å². The molecule has 1 fully saturated rings. The van der Waals surface area contributed by atoms with E-state index in [0.717, 1.165) is 29.1 Å². The third kappa shape index (κ3) is 2.80. The molecule has 1 unspecified atom stereocenters. The highest BCUT2D eigenvalue weighted by molar-refractivity contribution is 7.98. The SMILES string of the molecule is COc1cccc(SC)c1C(CC(=O)O)C1CC1. The van der Waals surface area contributed by atoms with Crippen LogP contribution in [0.15, 0.2) is 23.1 Å². The second-order valence-corrected chi connectivity index (χ2v) is 5.47. The lowest BCUT2D eigenvalue weighted by Crippen LogP contribution is -2.10. The smallest absolute Gasteiger partial charge is 0.303 e. The predicted molar refractivity (Wildman–Crippen MR) is 72.5 cm³/mol. The van der Waals surface area contributed by atoms with Crippen LogP contribution in [0.2, 0.25) is 0 Å². The topological polar surface area (TPSA) is 46.5 Å². The predicted octanol–water partition coefficient (Wildman–Crippen LogP) is 3.39. The first-order chi connectivity index (χ1) is 8.67. The van der Waals surface area contributed by atoms with Gasteiger partial charge in [0.2, 0.25) is 0 Å². The molecule has 0 saturated heterocycles. The Morgan fingerprint density at radius 2 is 2.28 bits per heavy atom. The summed E-state index contributed by atoms with van der Waals surface area (Å²) in [4.78, 5) is 12.2. The summed E-state index contributed by atoms with van der Waals surface area (Å²) in [5, 5.41) is 9.10. The van der Waals surface area contributed by atoms with E-state index in [9.17, 15) is 4.79 Å². The zero-order valence-corrected chi connectivity index (χ0v) is 11.5. The Balaban J connectivity index is 2.41. The molecule has 0 heterocycles. The molecule has 98 valence electrons. The molecule has 4 heteroatoms. The lowest BCUT2D eigenvalue weighted by Gasteiger charge is -2.20. The average Bonchev–Trinajstić information content (AvgIpc) is 3.19. The number of hydrogen-bond acceptors (Lipinski definition) is 3. The summed E-state index contributed by atoms with van der Waals surface area (Å²) >= 11 is 1.65. The Hall–Kier alpha value is -1.16. The summed E-state index contributed by atoms with van der Waals surface area (Å²) in [5.74, 6) is 0.675. The fourth-order valence-corrected chi connectivity index (χ4v) is 3.12. The standard InChI is InChI=1S/C14H18O3S/c1-17-11-4-3-5-12(18-2)14(11)10(8-13(15)16)9-6-7-9/h3-5,9-10H,6-8H2,1-2H3,(H,15,16). The molecule has 0 spiro atoms. The summed E-state index contributed by atoms with van der Waals surface area (Å²) in [5.41, 5.74) is 1.08. The lowest BCUT2D eigenvalue weighted by molar-refractivity contribution is -0.137. The molecule has 2 rings (SSSR count). The van der Waals surface area contributed by atoms with Gasteiger partial charge in [-0.1, -0.05) is 6.07 Å². The summed E-state index contributed by atoms with van der Waals surface area (Å²) in [6, 6.07) is 5.92. The van der Waals surface area contributed by atoms with Gasteiger partial charge in [0.15, 0.2) is 0 Å². The van der Waals surface area contributed by atoms with Gasteiger partial charge in [0.25, 0.3) is 0 Å². The van der Waals surface area contributed by atoms with Gasteiger partial charge in [0.05, 0.1) is 13.5 Å². The molecule has 1 saturated carbocycles. The third-order valence-electron chi connectivity index (χ3n) is 3.42. The second-order valence-electron chi connectivity index (χ2n) is 4.62. The highest BCUT2D eigenvalue weighted by atomic mass is 32.2. The fourth-order valence-electron chi connectivity index (χ4n) is 2.44. The molecule has 18 heavy (non-hydrogen) atoms. The van der Waals surface area contributed by atoms with Crippen LogP contribution in [-0.4, -0.2) is 24.4 Å². The molecular weight excluding hydrogens is 248 g/mol. The number of methoxy groups -OCH3 is 1. The minimum atomic E-state index is -0.732. The molecular formula is C14H18O3S. The Bertz CT molecular complexity index is 418. The van der Waals surface area contributed by atoms with E-state index < -0.39 is 5.97 Å². The summed E-state index contributed by atoms with van der Waals surface area (Å²) < 4.78 is 5.42. The van der Waals surface area contributed by atoms with Gasteiger partial charge >= 0.3 is 5.97 Å². The van der Waals surface area contributed by atoms with Crippen molar-refractivity contribution < 1.29 is 14.6 Å². The van der Waals surface area contributed by atoms with Crippen molar-refractivity contribution in [1.29, 1.82) is 0 Å². The maximum absolute atomic E-state index is 11.1. The highest BCUT2D eigenvalue weighted by Gasteiger charge is 2.36. The lowest BCUT2D eigenvalue weighted by atomic mass is 9.90. The van der Waals surface area contributed by atoms with Crippen molar-refractivity contribution in [2.24, 2.45) is 5.92 Å². The molecule has 0 amide bonds. The molecule has 1 aliphatic carbocycles. The molecule has 0 radical (unpaired) electrons. The van der Waals surface area contributed by atoms with E-state index >= 15 is 0 Å². The molecule has 1 aliphatic rings. The van der Waals surface area contributed by atoms with Crippen LogP contribution >= 0.6 is 11.8 Å². The van der Waals surface area contributed by atoms with Gasteiger partial charge in [-0.2, -0.15) is 0 Å². The van der Waals surface area contributed by atoms with Crippen LogP contribution in [-0.2, 0) is 4.79 Å². The van der Waals surface area contributed by atoms with Crippen molar-refractivity contribution in [3.05, 3.63) is 23.8 Å². The van der Waals surface area contributed by atoms with Crippen LogP contribution in [0.25, 0.3) is 0 Å². The van der Waals surface area contributed by atoms with Crippen LogP contribution in [0.5, 0.6) is 5.75 Å². The number of carboxylic acid groups (broad SMARTS) is 1. The summed E-state index contributed by atoms with van der Waals surface area (Å²) in [7, 11) is 1.65. The number of rotatable bonds is 6. The van der Waals surface area contributed by atoms with Crippen LogP contribution in [0, 0.1) is 5.92 Å². The monoisotopic (exact) mass is 266 g/mol. The first-order valence-corrected chi connectivity index (χ1v) is 7.32. The van der Waals surface area contributed by atoms with Crippen molar-refractivity contribution in [2.45, 2.75) is 30.1 Å². The van der Waals surface area contributed by atoms with Gasteiger partial charge < -0.3 is 9.84 Å². The quantitative estimate of drug-likeness (QED) is 0.802. The normalized spacial score (nSPS) is 16.3. The second kappa shape index (κ2) is 5.65. The maximum atomic E-state index is 11.1. The van der Waals surface area contributed by atoms with Crippen LogP contribution < -0.4 is 4.74 Å². The van der Waals surface area contributed by atoms with Crippen LogP contribution in [0.3, 0.4) is 0 Å². The molecule has 0 aliphatic heterocycles. The van der Waals surface area contributed by atoms with Crippen molar-refractivity contribution in [3.63, 3.8) is 0 Å². The average molecular weight is 266 g/mol. The van der Waals surface area contributed by atoms with Crippen molar-refractivity contribution >= 4 is 17.7 Å². The summed E-state index contributed by atoms with van der Waals surface area (Å²) in [6.07, 6.45) is 4.47. The molecule has 1 aromatic rings. The molecule has 3 nitrogen and oxygen atoms in total. The Labute approximate surface area is 112 Å². The van der Waals surface area contributed by atoms with Crippen molar-refractivity contribution in [2.75, 3.05) is 13.4 Å². The molecule has 1 atom stereocenters. The number of ether oxygens (including phenoxy) is 1. The zero-order chi connectivity index (χ0) is 13.1. The Morgan fingerprint density at radius 1 is 1.56 bits per heavy atom. The van der Waals surface area contributed by atoms with Gasteiger partial charge in [-0.3, -0.25) is 4.79 Å². The molecule has 0 bridgehead atoms. The van der Waals surface area contributed by atoms with E-state index in [2.05, 4.69) is 0 Å². The van der Waals surface area contributed by atoms with E-state index in [-0.39, 0.29) is 12.3 Å². The Morgan fingerprint density at radius 3 is 2.78 bits per heavy atom. The maximum Gasteiger partial charge on any atom is 0.303 e. The highest BCUT2D eigenvalue weighted by Crippen LogP contribution is 2.49. The van der Waals surface area contributed by atoms with Gasteiger partial charge in [-0.15, -0.1) is 11.8 Å². The van der Waals surface area contributed by atoms with Gasteiger partial charge in [0.1, 0.15) is 5.75 Å². The first kappa shape index (κ1) is 13.3.